The number of carboxylic acids is 1. The Kier molecular flexibility index (Phi) is 6.45. The number of rotatable bonds is 6. The van der Waals surface area contributed by atoms with Gasteiger partial charge in [-0.25, -0.2) is 4.79 Å². The third-order valence-corrected chi connectivity index (χ3v) is 3.21. The first-order chi connectivity index (χ1) is 9.85. The molecule has 0 fully saturated rings. The van der Waals surface area contributed by atoms with Crippen molar-refractivity contribution in [2.75, 3.05) is 7.11 Å². The Morgan fingerprint density at radius 2 is 2.00 bits per heavy atom. The maximum atomic E-state index is 12.0. The molecule has 0 aromatic heterocycles. The molecule has 0 aliphatic heterocycles. The van der Waals surface area contributed by atoms with Crippen molar-refractivity contribution in [3.05, 3.63) is 33.8 Å². The molecule has 0 radical (unpaired) electrons. The van der Waals surface area contributed by atoms with E-state index in [0.717, 1.165) is 0 Å². The second kappa shape index (κ2) is 7.85. The molecule has 0 bridgehead atoms. The van der Waals surface area contributed by atoms with E-state index in [9.17, 15) is 14.4 Å². The first-order valence-corrected chi connectivity index (χ1v) is 6.66. The summed E-state index contributed by atoms with van der Waals surface area (Å²) in [7, 11) is 1.20. The van der Waals surface area contributed by atoms with Crippen molar-refractivity contribution >= 4 is 41.0 Å². The maximum absolute atomic E-state index is 12.0. The number of carboxylic acid groups (broad SMARTS) is 1. The predicted octanol–water partition coefficient (Wildman–Crippen LogP) is 2.13. The second-order valence-electron chi connectivity index (χ2n) is 4.10. The number of methoxy groups -OCH3 is 1. The van der Waals surface area contributed by atoms with Crippen LogP contribution in [-0.4, -0.2) is 36.1 Å². The average molecular weight is 334 g/mol. The molecule has 2 N–H and O–H groups in total. The fraction of sp³-hybridized carbons (Fsp3) is 0.308. The SMILES string of the molecule is COC(=O)CCC(NC(=O)c1cc(Cl)ccc1Cl)C(=O)O. The van der Waals surface area contributed by atoms with Gasteiger partial charge < -0.3 is 15.2 Å². The highest BCUT2D eigenvalue weighted by Crippen LogP contribution is 2.20. The van der Waals surface area contributed by atoms with Crippen LogP contribution in [0.4, 0.5) is 0 Å². The zero-order valence-electron chi connectivity index (χ0n) is 11.1. The lowest BCUT2D eigenvalue weighted by atomic mass is 10.1. The molecule has 0 heterocycles. The molecular formula is C13H13Cl2NO5. The van der Waals surface area contributed by atoms with Gasteiger partial charge in [0.2, 0.25) is 0 Å². The smallest absolute Gasteiger partial charge is 0.326 e. The molecule has 0 saturated heterocycles. The minimum atomic E-state index is -1.26. The van der Waals surface area contributed by atoms with E-state index in [1.54, 1.807) is 0 Å². The number of carbonyl (C=O) groups excluding carboxylic acids is 2. The lowest BCUT2D eigenvalue weighted by Crippen LogP contribution is -2.41. The highest BCUT2D eigenvalue weighted by atomic mass is 35.5. The van der Waals surface area contributed by atoms with E-state index in [2.05, 4.69) is 10.1 Å². The van der Waals surface area contributed by atoms with Gasteiger partial charge in [0.25, 0.3) is 5.91 Å². The molecular weight excluding hydrogens is 321 g/mol. The monoisotopic (exact) mass is 333 g/mol. The van der Waals surface area contributed by atoms with Gasteiger partial charge >= 0.3 is 11.9 Å². The summed E-state index contributed by atoms with van der Waals surface area (Å²) in [5.41, 5.74) is 0.0634. The van der Waals surface area contributed by atoms with Crippen LogP contribution in [0, 0.1) is 0 Å². The molecule has 1 aromatic rings. The van der Waals surface area contributed by atoms with Crippen LogP contribution in [0.25, 0.3) is 0 Å². The number of benzene rings is 1. The minimum absolute atomic E-state index is 0.0634. The predicted molar refractivity (Wildman–Crippen MR) is 76.6 cm³/mol. The molecule has 0 aliphatic carbocycles. The minimum Gasteiger partial charge on any atom is -0.480 e. The van der Waals surface area contributed by atoms with E-state index in [-0.39, 0.29) is 23.4 Å². The van der Waals surface area contributed by atoms with Crippen LogP contribution < -0.4 is 5.32 Å². The molecule has 8 heteroatoms. The van der Waals surface area contributed by atoms with Gasteiger partial charge in [0.05, 0.1) is 17.7 Å². The van der Waals surface area contributed by atoms with Gasteiger partial charge in [-0.2, -0.15) is 0 Å². The molecule has 1 aromatic carbocycles. The number of ether oxygens (including phenoxy) is 1. The Bertz CT molecular complexity index is 561. The number of nitrogens with one attached hydrogen (secondary N) is 1. The number of hydrogen-bond donors (Lipinski definition) is 2. The molecule has 0 saturated carbocycles. The Balaban J connectivity index is 2.79. The standard InChI is InChI=1S/C13H13Cl2NO5/c1-21-11(17)5-4-10(13(19)20)16-12(18)8-6-7(14)2-3-9(8)15/h2-3,6,10H,4-5H2,1H3,(H,16,18)(H,19,20). The van der Waals surface area contributed by atoms with E-state index < -0.39 is 23.9 Å². The summed E-state index contributed by atoms with van der Waals surface area (Å²) in [6.07, 6.45) is -0.219. The van der Waals surface area contributed by atoms with Gasteiger partial charge in [0.15, 0.2) is 0 Å². The number of aliphatic carboxylic acids is 1. The molecule has 0 spiro atoms. The molecule has 0 aliphatic rings. The third kappa shape index (κ3) is 5.24. The lowest BCUT2D eigenvalue weighted by molar-refractivity contribution is -0.142. The molecule has 114 valence electrons. The molecule has 1 rings (SSSR count). The van der Waals surface area contributed by atoms with Crippen molar-refractivity contribution in [2.45, 2.75) is 18.9 Å². The summed E-state index contributed by atoms with van der Waals surface area (Å²) in [6, 6.07) is 3.04. The first kappa shape index (κ1) is 17.3. The Labute approximate surface area is 131 Å². The van der Waals surface area contributed by atoms with Gasteiger partial charge in [-0.05, 0) is 24.6 Å². The van der Waals surface area contributed by atoms with Crippen LogP contribution in [0.3, 0.4) is 0 Å². The summed E-state index contributed by atoms with van der Waals surface area (Å²) in [5.74, 6) is -2.50. The summed E-state index contributed by atoms with van der Waals surface area (Å²) < 4.78 is 4.42. The van der Waals surface area contributed by atoms with Crippen molar-refractivity contribution in [1.82, 2.24) is 5.32 Å². The van der Waals surface area contributed by atoms with Crippen molar-refractivity contribution in [1.29, 1.82) is 0 Å². The number of amides is 1. The summed E-state index contributed by atoms with van der Waals surface area (Å²) in [4.78, 5) is 34.1. The molecule has 1 amide bonds. The number of halogens is 2. The van der Waals surface area contributed by atoms with Crippen LogP contribution in [0.15, 0.2) is 18.2 Å². The van der Waals surface area contributed by atoms with E-state index >= 15 is 0 Å². The van der Waals surface area contributed by atoms with Crippen LogP contribution >= 0.6 is 23.2 Å². The molecule has 1 unspecified atom stereocenters. The quantitative estimate of drug-likeness (QED) is 0.778. The normalized spacial score (nSPS) is 11.6. The highest BCUT2D eigenvalue weighted by Gasteiger charge is 2.23. The third-order valence-electron chi connectivity index (χ3n) is 2.64. The van der Waals surface area contributed by atoms with Gasteiger partial charge in [-0.3, -0.25) is 9.59 Å². The number of hydrogen-bond acceptors (Lipinski definition) is 4. The fourth-order valence-electron chi connectivity index (χ4n) is 1.53. The van der Waals surface area contributed by atoms with E-state index in [4.69, 9.17) is 28.3 Å². The number of esters is 1. The Hall–Kier alpha value is -1.79. The maximum Gasteiger partial charge on any atom is 0.326 e. The fourth-order valence-corrected chi connectivity index (χ4v) is 1.90. The topological polar surface area (TPSA) is 92.7 Å². The van der Waals surface area contributed by atoms with E-state index in [1.807, 2.05) is 0 Å². The Morgan fingerprint density at radius 3 is 2.57 bits per heavy atom. The van der Waals surface area contributed by atoms with Crippen molar-refractivity contribution < 1.29 is 24.2 Å². The van der Waals surface area contributed by atoms with Gasteiger partial charge in [0.1, 0.15) is 6.04 Å². The summed E-state index contributed by atoms with van der Waals surface area (Å²) in [6.45, 7) is 0. The average Bonchev–Trinajstić information content (AvgIpc) is 2.44. The largest absolute Gasteiger partial charge is 0.480 e. The zero-order chi connectivity index (χ0) is 16.0. The van der Waals surface area contributed by atoms with Crippen LogP contribution in [-0.2, 0) is 14.3 Å². The number of carbonyl (C=O) groups is 3. The highest BCUT2D eigenvalue weighted by molar-refractivity contribution is 6.35. The van der Waals surface area contributed by atoms with E-state index in [1.165, 1.54) is 25.3 Å². The molecule has 1 atom stereocenters. The molecule has 6 nitrogen and oxygen atoms in total. The van der Waals surface area contributed by atoms with Crippen LogP contribution in [0.5, 0.6) is 0 Å². The van der Waals surface area contributed by atoms with Crippen molar-refractivity contribution in [2.24, 2.45) is 0 Å². The first-order valence-electron chi connectivity index (χ1n) is 5.90. The summed E-state index contributed by atoms with van der Waals surface area (Å²) in [5, 5.41) is 11.8. The van der Waals surface area contributed by atoms with Gasteiger partial charge in [0, 0.05) is 11.4 Å². The van der Waals surface area contributed by atoms with Crippen molar-refractivity contribution in [3.63, 3.8) is 0 Å². The van der Waals surface area contributed by atoms with Crippen LogP contribution in [0.1, 0.15) is 23.2 Å². The van der Waals surface area contributed by atoms with Crippen molar-refractivity contribution in [3.8, 4) is 0 Å². The van der Waals surface area contributed by atoms with E-state index in [0.29, 0.717) is 5.02 Å². The zero-order valence-corrected chi connectivity index (χ0v) is 12.6. The second-order valence-corrected chi connectivity index (χ2v) is 4.95. The van der Waals surface area contributed by atoms with Gasteiger partial charge in [-0.15, -0.1) is 0 Å². The lowest BCUT2D eigenvalue weighted by Gasteiger charge is -2.14. The van der Waals surface area contributed by atoms with Gasteiger partial charge in [-0.1, -0.05) is 23.2 Å². The van der Waals surface area contributed by atoms with Crippen LogP contribution in [0.2, 0.25) is 10.0 Å². The Morgan fingerprint density at radius 1 is 1.33 bits per heavy atom. The molecule has 21 heavy (non-hydrogen) atoms. The summed E-state index contributed by atoms with van der Waals surface area (Å²) >= 11 is 11.6.